The molecule has 0 aromatic heterocycles. The van der Waals surface area contributed by atoms with Crippen molar-refractivity contribution in [1.82, 2.24) is 9.80 Å². The van der Waals surface area contributed by atoms with E-state index in [0.717, 1.165) is 19.5 Å². The summed E-state index contributed by atoms with van der Waals surface area (Å²) in [7, 11) is 5.70. The van der Waals surface area contributed by atoms with Gasteiger partial charge in [-0.05, 0) is 34.0 Å². The molecule has 0 heterocycles. The van der Waals surface area contributed by atoms with E-state index >= 15 is 0 Å². The number of ether oxygens (including phenoxy) is 2. The number of hydrogen-bond donors (Lipinski definition) is 0. The molecule has 0 fully saturated rings. The van der Waals surface area contributed by atoms with Gasteiger partial charge in [0.05, 0.1) is 6.61 Å². The molecule has 0 rings (SSSR count). The van der Waals surface area contributed by atoms with Gasteiger partial charge in [0.15, 0.2) is 0 Å². The van der Waals surface area contributed by atoms with Crippen molar-refractivity contribution in [2.45, 2.75) is 13.3 Å². The number of nitrogens with zero attached hydrogens (tertiary/aromatic N) is 2. The maximum atomic E-state index is 11.8. The number of carbonyl (C=O) groups excluding carboxylic acids is 1. The maximum Gasteiger partial charge on any atom is 0.248 e. The van der Waals surface area contributed by atoms with Gasteiger partial charge < -0.3 is 19.3 Å². The summed E-state index contributed by atoms with van der Waals surface area (Å²) in [5.74, 6) is 0.0441. The summed E-state index contributed by atoms with van der Waals surface area (Å²) in [6.45, 7) is 5.57. The fraction of sp³-hybridized carbons (Fsp3) is 0.917. The van der Waals surface area contributed by atoms with Gasteiger partial charge in [0, 0.05) is 26.8 Å². The summed E-state index contributed by atoms with van der Waals surface area (Å²) in [6, 6.07) is 0. The lowest BCUT2D eigenvalue weighted by atomic mass is 10.3. The third-order valence-corrected chi connectivity index (χ3v) is 2.38. The van der Waals surface area contributed by atoms with E-state index in [1.165, 1.54) is 0 Å². The molecule has 0 spiro atoms. The maximum absolute atomic E-state index is 11.8. The van der Waals surface area contributed by atoms with E-state index < -0.39 is 0 Å². The van der Waals surface area contributed by atoms with Crippen molar-refractivity contribution in [3.8, 4) is 0 Å². The molecule has 0 aliphatic heterocycles. The largest absolute Gasteiger partial charge is 0.383 e. The lowest BCUT2D eigenvalue weighted by Crippen LogP contribution is -2.38. The third kappa shape index (κ3) is 9.09. The van der Waals surface area contributed by atoms with Crippen LogP contribution in [-0.4, -0.2) is 76.4 Å². The first kappa shape index (κ1) is 16.4. The second-order valence-electron chi connectivity index (χ2n) is 4.17. The van der Waals surface area contributed by atoms with Crippen molar-refractivity contribution in [3.05, 3.63) is 0 Å². The van der Waals surface area contributed by atoms with Gasteiger partial charge in [-0.3, -0.25) is 4.79 Å². The van der Waals surface area contributed by atoms with E-state index in [1.807, 2.05) is 25.9 Å². The summed E-state index contributed by atoms with van der Waals surface area (Å²) < 4.78 is 10.2. The van der Waals surface area contributed by atoms with Crippen LogP contribution in [0.25, 0.3) is 0 Å². The number of amides is 1. The lowest BCUT2D eigenvalue weighted by molar-refractivity contribution is -0.136. The summed E-state index contributed by atoms with van der Waals surface area (Å²) in [6.07, 6.45) is 0.967. The quantitative estimate of drug-likeness (QED) is 0.561. The van der Waals surface area contributed by atoms with E-state index in [1.54, 1.807) is 7.11 Å². The lowest BCUT2D eigenvalue weighted by Gasteiger charge is -2.23. The van der Waals surface area contributed by atoms with Crippen molar-refractivity contribution in [3.63, 3.8) is 0 Å². The van der Waals surface area contributed by atoms with Crippen LogP contribution < -0.4 is 0 Å². The predicted molar refractivity (Wildman–Crippen MR) is 68.1 cm³/mol. The van der Waals surface area contributed by atoms with E-state index in [-0.39, 0.29) is 12.5 Å². The van der Waals surface area contributed by atoms with Crippen molar-refractivity contribution in [1.29, 1.82) is 0 Å². The average molecular weight is 246 g/mol. The molecule has 0 radical (unpaired) electrons. The van der Waals surface area contributed by atoms with Gasteiger partial charge in [-0.1, -0.05) is 0 Å². The molecular weight excluding hydrogens is 220 g/mol. The fourth-order valence-corrected chi connectivity index (χ4v) is 1.42. The molecule has 102 valence electrons. The monoisotopic (exact) mass is 246 g/mol. The highest BCUT2D eigenvalue weighted by molar-refractivity contribution is 5.77. The van der Waals surface area contributed by atoms with Crippen molar-refractivity contribution in [2.24, 2.45) is 0 Å². The van der Waals surface area contributed by atoms with Crippen LogP contribution >= 0.6 is 0 Å². The number of hydrogen-bond acceptors (Lipinski definition) is 4. The van der Waals surface area contributed by atoms with Crippen LogP contribution in [0.15, 0.2) is 0 Å². The minimum Gasteiger partial charge on any atom is -0.383 e. The van der Waals surface area contributed by atoms with E-state index in [4.69, 9.17) is 9.47 Å². The molecule has 0 saturated carbocycles. The van der Waals surface area contributed by atoms with Crippen molar-refractivity contribution in [2.75, 3.05) is 60.7 Å². The first-order valence-electron chi connectivity index (χ1n) is 6.11. The third-order valence-electron chi connectivity index (χ3n) is 2.38. The topological polar surface area (TPSA) is 42.0 Å². The second-order valence-corrected chi connectivity index (χ2v) is 4.17. The zero-order valence-corrected chi connectivity index (χ0v) is 11.6. The SMILES string of the molecule is CCOCC(=O)N(CCCN(C)C)CCOC. The first-order chi connectivity index (χ1) is 8.11. The minimum atomic E-state index is 0.0441. The van der Waals surface area contributed by atoms with Crippen LogP contribution in [0.4, 0.5) is 0 Å². The molecule has 0 aliphatic rings. The zero-order chi connectivity index (χ0) is 13.1. The Morgan fingerprint density at radius 2 is 1.88 bits per heavy atom. The Morgan fingerprint density at radius 3 is 2.41 bits per heavy atom. The number of methoxy groups -OCH3 is 1. The Kier molecular flexibility index (Phi) is 10.1. The molecule has 0 aromatic rings. The highest BCUT2D eigenvalue weighted by Gasteiger charge is 2.12. The molecular formula is C12H26N2O3. The molecule has 0 N–H and O–H groups in total. The standard InChI is InChI=1S/C12H26N2O3/c1-5-17-11-12(15)14(9-10-16-4)8-6-7-13(2)3/h5-11H2,1-4H3. The molecule has 0 unspecified atom stereocenters. The van der Waals surface area contributed by atoms with Gasteiger partial charge in [-0.2, -0.15) is 0 Å². The van der Waals surface area contributed by atoms with Crippen molar-refractivity contribution >= 4 is 5.91 Å². The first-order valence-corrected chi connectivity index (χ1v) is 6.11. The van der Waals surface area contributed by atoms with E-state index in [9.17, 15) is 4.79 Å². The summed E-state index contributed by atoms with van der Waals surface area (Å²) in [5.41, 5.74) is 0. The highest BCUT2D eigenvalue weighted by atomic mass is 16.5. The van der Waals surface area contributed by atoms with Crippen LogP contribution in [-0.2, 0) is 14.3 Å². The Labute approximate surface area is 105 Å². The fourth-order valence-electron chi connectivity index (χ4n) is 1.42. The Hall–Kier alpha value is -0.650. The Balaban J connectivity index is 3.98. The molecule has 5 nitrogen and oxygen atoms in total. The van der Waals surface area contributed by atoms with Gasteiger partial charge >= 0.3 is 0 Å². The van der Waals surface area contributed by atoms with E-state index in [0.29, 0.717) is 19.8 Å². The Morgan fingerprint density at radius 1 is 1.18 bits per heavy atom. The van der Waals surface area contributed by atoms with Crippen LogP contribution in [0.2, 0.25) is 0 Å². The second kappa shape index (κ2) is 10.5. The van der Waals surface area contributed by atoms with Gasteiger partial charge in [0.2, 0.25) is 5.91 Å². The summed E-state index contributed by atoms with van der Waals surface area (Å²) in [4.78, 5) is 15.7. The molecule has 5 heteroatoms. The van der Waals surface area contributed by atoms with Gasteiger partial charge in [-0.15, -0.1) is 0 Å². The molecule has 0 aromatic carbocycles. The number of rotatable bonds is 10. The minimum absolute atomic E-state index is 0.0441. The predicted octanol–water partition coefficient (Wildman–Crippen LogP) is 0.450. The van der Waals surface area contributed by atoms with Crippen LogP contribution in [0, 0.1) is 0 Å². The van der Waals surface area contributed by atoms with Crippen LogP contribution in [0.1, 0.15) is 13.3 Å². The molecule has 0 bridgehead atoms. The normalized spacial score (nSPS) is 10.9. The zero-order valence-electron chi connectivity index (χ0n) is 11.6. The molecule has 0 saturated heterocycles. The number of carbonyl (C=O) groups is 1. The van der Waals surface area contributed by atoms with Crippen LogP contribution in [0.3, 0.4) is 0 Å². The van der Waals surface area contributed by atoms with Crippen LogP contribution in [0.5, 0.6) is 0 Å². The molecule has 17 heavy (non-hydrogen) atoms. The molecule has 0 atom stereocenters. The van der Waals surface area contributed by atoms with E-state index in [2.05, 4.69) is 4.90 Å². The summed E-state index contributed by atoms with van der Waals surface area (Å²) >= 11 is 0. The molecule has 0 aliphatic carbocycles. The Bertz CT molecular complexity index is 198. The van der Waals surface area contributed by atoms with Gasteiger partial charge in [0.1, 0.15) is 6.61 Å². The smallest absolute Gasteiger partial charge is 0.248 e. The van der Waals surface area contributed by atoms with Crippen molar-refractivity contribution < 1.29 is 14.3 Å². The highest BCUT2D eigenvalue weighted by Crippen LogP contribution is 1.96. The molecule has 1 amide bonds. The summed E-state index contributed by atoms with van der Waals surface area (Å²) in [5, 5.41) is 0. The van der Waals surface area contributed by atoms with Gasteiger partial charge in [-0.25, -0.2) is 0 Å². The average Bonchev–Trinajstić information content (AvgIpc) is 2.30. The van der Waals surface area contributed by atoms with Gasteiger partial charge in [0.25, 0.3) is 0 Å².